The van der Waals surface area contributed by atoms with Gasteiger partial charge in [0.2, 0.25) is 5.91 Å². The van der Waals surface area contributed by atoms with Gasteiger partial charge in [0.25, 0.3) is 0 Å². The molecule has 0 fully saturated rings. The van der Waals surface area contributed by atoms with Crippen LogP contribution in [0.1, 0.15) is 26.3 Å². The molecule has 5 nitrogen and oxygen atoms in total. The lowest BCUT2D eigenvalue weighted by molar-refractivity contribution is -0.116. The molecule has 0 unspecified atom stereocenters. The van der Waals surface area contributed by atoms with Crippen molar-refractivity contribution in [2.24, 2.45) is 0 Å². The van der Waals surface area contributed by atoms with Gasteiger partial charge in [-0.2, -0.15) is 0 Å². The van der Waals surface area contributed by atoms with Gasteiger partial charge in [0, 0.05) is 28.8 Å². The van der Waals surface area contributed by atoms with E-state index >= 15 is 0 Å². The first-order chi connectivity index (χ1) is 12.5. The highest BCUT2D eigenvalue weighted by molar-refractivity contribution is 6.30. The summed E-state index contributed by atoms with van der Waals surface area (Å²) in [6, 6.07) is 10.5. The SMILES string of the molecule is CCOc1cc2c(cc1N[C@H](C)C(=O)Nc1cccc(Cl)c1)O[C@H](C)C2. The highest BCUT2D eigenvalue weighted by atomic mass is 35.5. The molecule has 138 valence electrons. The van der Waals surface area contributed by atoms with Gasteiger partial charge in [-0.15, -0.1) is 0 Å². The quantitative estimate of drug-likeness (QED) is 0.781. The van der Waals surface area contributed by atoms with E-state index in [9.17, 15) is 4.79 Å². The number of ether oxygens (including phenoxy) is 2. The molecule has 1 aliphatic rings. The average Bonchev–Trinajstić information content (AvgIpc) is 2.94. The zero-order chi connectivity index (χ0) is 18.7. The molecular weight excluding hydrogens is 352 g/mol. The maximum Gasteiger partial charge on any atom is 0.246 e. The first-order valence-corrected chi connectivity index (χ1v) is 9.13. The number of hydrogen-bond acceptors (Lipinski definition) is 4. The standard InChI is InChI=1S/C20H23ClN2O3/c1-4-25-19-9-14-8-12(2)26-18(14)11-17(19)22-13(3)20(24)23-16-7-5-6-15(21)10-16/h5-7,9-13,22H,4,8H2,1-3H3,(H,23,24)/t12-,13-/m1/s1. The van der Waals surface area contributed by atoms with E-state index in [-0.39, 0.29) is 12.0 Å². The van der Waals surface area contributed by atoms with E-state index < -0.39 is 6.04 Å². The third kappa shape index (κ3) is 4.22. The number of benzene rings is 2. The lowest BCUT2D eigenvalue weighted by atomic mass is 10.1. The van der Waals surface area contributed by atoms with Crippen molar-refractivity contribution in [2.45, 2.75) is 39.3 Å². The summed E-state index contributed by atoms with van der Waals surface area (Å²) in [5.41, 5.74) is 2.53. The van der Waals surface area contributed by atoms with Crippen LogP contribution >= 0.6 is 11.6 Å². The number of anilines is 2. The summed E-state index contributed by atoms with van der Waals surface area (Å²) in [5.74, 6) is 1.40. The second kappa shape index (κ2) is 7.87. The molecule has 1 amide bonds. The number of hydrogen-bond donors (Lipinski definition) is 2. The minimum absolute atomic E-state index is 0.151. The molecule has 0 saturated heterocycles. The van der Waals surface area contributed by atoms with Gasteiger partial charge in [-0.05, 0) is 45.0 Å². The molecule has 0 saturated carbocycles. The van der Waals surface area contributed by atoms with Crippen molar-refractivity contribution in [1.82, 2.24) is 0 Å². The van der Waals surface area contributed by atoms with Crippen LogP contribution in [-0.2, 0) is 11.2 Å². The van der Waals surface area contributed by atoms with Crippen molar-refractivity contribution in [1.29, 1.82) is 0 Å². The minimum Gasteiger partial charge on any atom is -0.492 e. The Morgan fingerprint density at radius 1 is 1.38 bits per heavy atom. The summed E-state index contributed by atoms with van der Waals surface area (Å²) in [5, 5.41) is 6.66. The molecule has 0 bridgehead atoms. The molecule has 1 aliphatic heterocycles. The third-order valence-electron chi connectivity index (χ3n) is 4.16. The van der Waals surface area contributed by atoms with Gasteiger partial charge in [0.05, 0.1) is 12.3 Å². The maximum absolute atomic E-state index is 12.5. The monoisotopic (exact) mass is 374 g/mol. The first kappa shape index (κ1) is 18.4. The third-order valence-corrected chi connectivity index (χ3v) is 4.39. The number of carbonyl (C=O) groups excluding carboxylic acids is 1. The van der Waals surface area contributed by atoms with Gasteiger partial charge in [0.15, 0.2) is 0 Å². The summed E-state index contributed by atoms with van der Waals surface area (Å²) in [6.45, 7) is 6.32. The molecule has 3 rings (SSSR count). The van der Waals surface area contributed by atoms with E-state index in [2.05, 4.69) is 10.6 Å². The highest BCUT2D eigenvalue weighted by Gasteiger charge is 2.23. The Bertz CT molecular complexity index is 810. The van der Waals surface area contributed by atoms with E-state index in [0.717, 1.165) is 29.2 Å². The predicted molar refractivity (Wildman–Crippen MR) is 105 cm³/mol. The number of amides is 1. The number of fused-ring (bicyclic) bond motifs is 1. The van der Waals surface area contributed by atoms with Crippen LogP contribution < -0.4 is 20.1 Å². The van der Waals surface area contributed by atoms with Crippen LogP contribution in [0.15, 0.2) is 36.4 Å². The molecular formula is C20H23ClN2O3. The Morgan fingerprint density at radius 2 is 2.19 bits per heavy atom. The lowest BCUT2D eigenvalue weighted by Gasteiger charge is -2.19. The molecule has 0 aliphatic carbocycles. The molecule has 26 heavy (non-hydrogen) atoms. The minimum atomic E-state index is -0.468. The molecule has 0 aromatic heterocycles. The van der Waals surface area contributed by atoms with Gasteiger partial charge >= 0.3 is 0 Å². The zero-order valence-electron chi connectivity index (χ0n) is 15.1. The van der Waals surface area contributed by atoms with Crippen LogP contribution in [0.5, 0.6) is 11.5 Å². The average molecular weight is 375 g/mol. The Morgan fingerprint density at radius 3 is 2.92 bits per heavy atom. The number of carbonyl (C=O) groups is 1. The van der Waals surface area contributed by atoms with E-state index in [1.807, 2.05) is 26.0 Å². The summed E-state index contributed by atoms with van der Waals surface area (Å²) in [6.07, 6.45) is 1.01. The van der Waals surface area contributed by atoms with Crippen molar-refractivity contribution < 1.29 is 14.3 Å². The summed E-state index contributed by atoms with van der Waals surface area (Å²) < 4.78 is 11.6. The molecule has 0 radical (unpaired) electrons. The van der Waals surface area contributed by atoms with E-state index in [0.29, 0.717) is 17.3 Å². The van der Waals surface area contributed by atoms with Crippen LogP contribution in [0.25, 0.3) is 0 Å². The maximum atomic E-state index is 12.5. The van der Waals surface area contributed by atoms with E-state index in [4.69, 9.17) is 21.1 Å². The fraction of sp³-hybridized carbons (Fsp3) is 0.350. The Labute approximate surface area is 158 Å². The summed E-state index contributed by atoms with van der Waals surface area (Å²) >= 11 is 5.96. The van der Waals surface area contributed by atoms with E-state index in [1.54, 1.807) is 31.2 Å². The summed E-state index contributed by atoms with van der Waals surface area (Å²) in [4.78, 5) is 12.5. The van der Waals surface area contributed by atoms with Crippen LogP contribution in [0, 0.1) is 0 Å². The van der Waals surface area contributed by atoms with Crippen LogP contribution in [0.3, 0.4) is 0 Å². The Hall–Kier alpha value is -2.40. The number of halogens is 1. The molecule has 2 atom stereocenters. The molecule has 2 N–H and O–H groups in total. The lowest BCUT2D eigenvalue weighted by Crippen LogP contribution is -2.32. The normalized spacial score (nSPS) is 16.4. The van der Waals surface area contributed by atoms with Crippen LogP contribution in [0.2, 0.25) is 5.02 Å². The predicted octanol–water partition coefficient (Wildman–Crippen LogP) is 4.50. The number of rotatable bonds is 6. The van der Waals surface area contributed by atoms with Crippen molar-refractivity contribution in [3.63, 3.8) is 0 Å². The second-order valence-corrected chi connectivity index (χ2v) is 6.82. The van der Waals surface area contributed by atoms with Gasteiger partial charge in [-0.3, -0.25) is 4.79 Å². The van der Waals surface area contributed by atoms with Gasteiger partial charge in [-0.25, -0.2) is 0 Å². The van der Waals surface area contributed by atoms with Crippen molar-refractivity contribution in [3.8, 4) is 11.5 Å². The largest absolute Gasteiger partial charge is 0.492 e. The fourth-order valence-corrected chi connectivity index (χ4v) is 3.13. The van der Waals surface area contributed by atoms with Gasteiger partial charge in [0.1, 0.15) is 23.6 Å². The fourth-order valence-electron chi connectivity index (χ4n) is 2.94. The van der Waals surface area contributed by atoms with Crippen molar-refractivity contribution in [2.75, 3.05) is 17.2 Å². The topological polar surface area (TPSA) is 59.6 Å². The highest BCUT2D eigenvalue weighted by Crippen LogP contribution is 2.38. The zero-order valence-corrected chi connectivity index (χ0v) is 15.9. The molecule has 2 aromatic rings. The molecule has 2 aromatic carbocycles. The molecule has 0 spiro atoms. The van der Waals surface area contributed by atoms with Gasteiger partial charge in [-0.1, -0.05) is 17.7 Å². The van der Waals surface area contributed by atoms with Crippen molar-refractivity contribution in [3.05, 3.63) is 47.0 Å². The van der Waals surface area contributed by atoms with Crippen LogP contribution in [-0.4, -0.2) is 24.7 Å². The van der Waals surface area contributed by atoms with E-state index in [1.165, 1.54) is 0 Å². The van der Waals surface area contributed by atoms with Crippen LogP contribution in [0.4, 0.5) is 11.4 Å². The number of nitrogens with one attached hydrogen (secondary N) is 2. The first-order valence-electron chi connectivity index (χ1n) is 8.75. The smallest absolute Gasteiger partial charge is 0.246 e. The Kier molecular flexibility index (Phi) is 5.57. The summed E-state index contributed by atoms with van der Waals surface area (Å²) in [7, 11) is 0. The Balaban J connectivity index is 1.74. The molecule has 6 heteroatoms. The molecule has 1 heterocycles. The van der Waals surface area contributed by atoms with Crippen molar-refractivity contribution >= 4 is 28.9 Å². The second-order valence-electron chi connectivity index (χ2n) is 6.39. The van der Waals surface area contributed by atoms with Gasteiger partial charge < -0.3 is 20.1 Å².